The van der Waals surface area contributed by atoms with Crippen LogP contribution in [0.15, 0.2) is 18.5 Å². The molecule has 15 heavy (non-hydrogen) atoms. The van der Waals surface area contributed by atoms with E-state index >= 15 is 0 Å². The number of benzene rings is 1. The van der Waals surface area contributed by atoms with Gasteiger partial charge in [-0.25, -0.2) is 4.98 Å². The van der Waals surface area contributed by atoms with Crippen molar-refractivity contribution in [2.45, 2.75) is 20.3 Å². The molecule has 3 nitrogen and oxygen atoms in total. The lowest BCUT2D eigenvalue weighted by molar-refractivity contribution is 1.11. The number of imidazole rings is 1. The average Bonchev–Trinajstić information content (AvgIpc) is 2.79. The average molecular weight is 199 g/mol. The SMILES string of the molecule is CCc1c(C)[nH]c2c1ccc1[nH]cnc12. The molecule has 2 heterocycles. The van der Waals surface area contributed by atoms with Gasteiger partial charge >= 0.3 is 0 Å². The number of aryl methyl sites for hydroxylation is 2. The summed E-state index contributed by atoms with van der Waals surface area (Å²) in [6.45, 7) is 4.31. The summed E-state index contributed by atoms with van der Waals surface area (Å²) in [5.74, 6) is 0. The lowest BCUT2D eigenvalue weighted by Crippen LogP contribution is -1.80. The molecule has 0 bridgehead atoms. The number of nitrogens with one attached hydrogen (secondary N) is 2. The number of H-pyrrole nitrogens is 2. The second-order valence-electron chi connectivity index (χ2n) is 3.87. The van der Waals surface area contributed by atoms with E-state index < -0.39 is 0 Å². The molecule has 0 saturated carbocycles. The molecule has 3 rings (SSSR count). The second-order valence-corrected chi connectivity index (χ2v) is 3.87. The van der Waals surface area contributed by atoms with Gasteiger partial charge in [0.2, 0.25) is 0 Å². The minimum Gasteiger partial charge on any atom is -0.357 e. The molecule has 0 amide bonds. The van der Waals surface area contributed by atoms with E-state index in [1.807, 2.05) is 0 Å². The van der Waals surface area contributed by atoms with Crippen molar-refractivity contribution in [1.82, 2.24) is 15.0 Å². The summed E-state index contributed by atoms with van der Waals surface area (Å²) >= 11 is 0. The molecule has 3 heteroatoms. The van der Waals surface area contributed by atoms with Gasteiger partial charge in [-0.1, -0.05) is 13.0 Å². The summed E-state index contributed by atoms with van der Waals surface area (Å²) < 4.78 is 0. The lowest BCUT2D eigenvalue weighted by atomic mass is 10.1. The Bertz CT molecular complexity index is 631. The first kappa shape index (κ1) is 8.53. The topological polar surface area (TPSA) is 44.5 Å². The number of rotatable bonds is 1. The van der Waals surface area contributed by atoms with Crippen LogP contribution in [0, 0.1) is 6.92 Å². The van der Waals surface area contributed by atoms with Gasteiger partial charge in [0.15, 0.2) is 0 Å². The summed E-state index contributed by atoms with van der Waals surface area (Å²) in [6.07, 6.45) is 2.80. The van der Waals surface area contributed by atoms with Gasteiger partial charge in [0.05, 0.1) is 17.4 Å². The minimum atomic E-state index is 1.04. The fourth-order valence-corrected chi connectivity index (χ4v) is 2.31. The van der Waals surface area contributed by atoms with Crippen LogP contribution in [0.2, 0.25) is 0 Å². The molecule has 0 aliphatic rings. The van der Waals surface area contributed by atoms with Crippen molar-refractivity contribution < 1.29 is 0 Å². The first-order chi connectivity index (χ1) is 7.31. The first-order valence-corrected chi connectivity index (χ1v) is 5.24. The Morgan fingerprint density at radius 2 is 2.20 bits per heavy atom. The summed E-state index contributed by atoms with van der Waals surface area (Å²) in [4.78, 5) is 10.9. The number of hydrogen-bond donors (Lipinski definition) is 2. The zero-order valence-electron chi connectivity index (χ0n) is 8.89. The van der Waals surface area contributed by atoms with Gasteiger partial charge in [-0.2, -0.15) is 0 Å². The van der Waals surface area contributed by atoms with E-state index in [4.69, 9.17) is 0 Å². The Hall–Kier alpha value is -1.77. The van der Waals surface area contributed by atoms with Crippen molar-refractivity contribution in [3.8, 4) is 0 Å². The molecule has 0 aliphatic heterocycles. The van der Waals surface area contributed by atoms with Crippen LogP contribution in [0.4, 0.5) is 0 Å². The highest BCUT2D eigenvalue weighted by atomic mass is 14.9. The zero-order valence-corrected chi connectivity index (χ0v) is 8.89. The minimum absolute atomic E-state index is 1.04. The standard InChI is InChI=1S/C12H13N3/c1-3-8-7(2)15-11-9(8)4-5-10-12(11)14-6-13-10/h4-6,15H,3H2,1-2H3,(H,13,14). The van der Waals surface area contributed by atoms with Crippen LogP contribution in [0.3, 0.4) is 0 Å². The van der Waals surface area contributed by atoms with Crippen LogP contribution in [-0.4, -0.2) is 15.0 Å². The van der Waals surface area contributed by atoms with E-state index in [2.05, 4.69) is 40.9 Å². The van der Waals surface area contributed by atoms with Gasteiger partial charge in [0, 0.05) is 11.1 Å². The van der Waals surface area contributed by atoms with Crippen LogP contribution in [0.5, 0.6) is 0 Å². The third kappa shape index (κ3) is 1.03. The van der Waals surface area contributed by atoms with Crippen molar-refractivity contribution in [3.05, 3.63) is 29.7 Å². The van der Waals surface area contributed by atoms with Crippen LogP contribution < -0.4 is 0 Å². The Balaban J connectivity index is 2.54. The van der Waals surface area contributed by atoms with Crippen molar-refractivity contribution in [3.63, 3.8) is 0 Å². The first-order valence-electron chi connectivity index (χ1n) is 5.24. The maximum Gasteiger partial charge on any atom is 0.112 e. The Labute approximate surface area is 87.5 Å². The molecule has 0 spiro atoms. The molecule has 1 aromatic carbocycles. The van der Waals surface area contributed by atoms with E-state index in [0.29, 0.717) is 0 Å². The van der Waals surface area contributed by atoms with Gasteiger partial charge in [-0.05, 0) is 25.0 Å². The van der Waals surface area contributed by atoms with Crippen LogP contribution >= 0.6 is 0 Å². The van der Waals surface area contributed by atoms with Gasteiger partial charge in [0.25, 0.3) is 0 Å². The highest BCUT2D eigenvalue weighted by Gasteiger charge is 2.10. The lowest BCUT2D eigenvalue weighted by Gasteiger charge is -1.95. The fourth-order valence-electron chi connectivity index (χ4n) is 2.31. The normalized spacial score (nSPS) is 11.6. The number of hydrogen-bond acceptors (Lipinski definition) is 1. The molecule has 0 fully saturated rings. The summed E-state index contributed by atoms with van der Waals surface area (Å²) in [5, 5.41) is 1.30. The van der Waals surface area contributed by atoms with Crippen LogP contribution in [-0.2, 0) is 6.42 Å². The van der Waals surface area contributed by atoms with E-state index in [1.165, 1.54) is 16.6 Å². The van der Waals surface area contributed by atoms with Gasteiger partial charge in [-0.3, -0.25) is 0 Å². The molecule has 0 atom stereocenters. The quantitative estimate of drug-likeness (QED) is 0.621. The van der Waals surface area contributed by atoms with Gasteiger partial charge < -0.3 is 9.97 Å². The Morgan fingerprint density at radius 1 is 1.33 bits per heavy atom. The summed E-state index contributed by atoms with van der Waals surface area (Å²) in [7, 11) is 0. The van der Waals surface area contributed by atoms with Crippen molar-refractivity contribution in [2.75, 3.05) is 0 Å². The number of aromatic nitrogens is 3. The smallest absolute Gasteiger partial charge is 0.112 e. The van der Waals surface area contributed by atoms with E-state index in [-0.39, 0.29) is 0 Å². The number of aromatic amines is 2. The van der Waals surface area contributed by atoms with Crippen molar-refractivity contribution >= 4 is 21.9 Å². The summed E-state index contributed by atoms with van der Waals surface area (Å²) in [6, 6.07) is 4.26. The number of fused-ring (bicyclic) bond motifs is 3. The monoisotopic (exact) mass is 199 g/mol. The predicted molar refractivity (Wildman–Crippen MR) is 62.1 cm³/mol. The van der Waals surface area contributed by atoms with E-state index in [9.17, 15) is 0 Å². The third-order valence-electron chi connectivity index (χ3n) is 3.04. The molecular weight excluding hydrogens is 186 g/mol. The molecule has 0 unspecified atom stereocenters. The zero-order chi connectivity index (χ0) is 10.4. The molecule has 0 saturated heterocycles. The highest BCUT2D eigenvalue weighted by Crippen LogP contribution is 2.27. The van der Waals surface area contributed by atoms with E-state index in [0.717, 1.165) is 23.0 Å². The molecule has 76 valence electrons. The van der Waals surface area contributed by atoms with Crippen LogP contribution in [0.1, 0.15) is 18.2 Å². The Morgan fingerprint density at radius 3 is 3.00 bits per heavy atom. The molecule has 3 aromatic rings. The fraction of sp³-hybridized carbons (Fsp3) is 0.250. The number of nitrogens with zero attached hydrogens (tertiary/aromatic N) is 1. The maximum atomic E-state index is 4.35. The highest BCUT2D eigenvalue weighted by molar-refractivity contribution is 6.03. The van der Waals surface area contributed by atoms with Crippen molar-refractivity contribution in [1.29, 1.82) is 0 Å². The second kappa shape index (κ2) is 2.86. The Kier molecular flexibility index (Phi) is 1.63. The molecule has 0 radical (unpaired) electrons. The third-order valence-corrected chi connectivity index (χ3v) is 3.04. The molecular formula is C12H13N3. The summed E-state index contributed by atoms with van der Waals surface area (Å²) in [5.41, 5.74) is 5.93. The van der Waals surface area contributed by atoms with Crippen LogP contribution in [0.25, 0.3) is 21.9 Å². The van der Waals surface area contributed by atoms with Crippen molar-refractivity contribution in [2.24, 2.45) is 0 Å². The van der Waals surface area contributed by atoms with Gasteiger partial charge in [0.1, 0.15) is 5.52 Å². The molecule has 0 aliphatic carbocycles. The largest absolute Gasteiger partial charge is 0.357 e. The molecule has 2 aromatic heterocycles. The predicted octanol–water partition coefficient (Wildman–Crippen LogP) is 2.92. The van der Waals surface area contributed by atoms with E-state index in [1.54, 1.807) is 6.33 Å². The van der Waals surface area contributed by atoms with Gasteiger partial charge in [-0.15, -0.1) is 0 Å². The molecule has 2 N–H and O–H groups in total. The maximum absolute atomic E-state index is 4.35.